The monoisotopic (exact) mass is 161 g/mol. The molecular weight excluding hydrogens is 146 g/mol. The van der Waals surface area contributed by atoms with Crippen LogP contribution in [0, 0.1) is 0 Å². The highest BCUT2D eigenvalue weighted by atomic mass is 16.4. The first-order valence-electron chi connectivity index (χ1n) is 3.61. The quantitative estimate of drug-likeness (QED) is 0.435. The maximum atomic E-state index is 8.78. The number of carboxylic acid groups (broad SMARTS) is 1. The lowest BCUT2D eigenvalue weighted by molar-refractivity contribution is 0.205. The highest BCUT2D eigenvalue weighted by molar-refractivity contribution is 5.61. The standard InChI is InChI=1S/C5H12N2.CH3NO2/c6-7-4-2-1-3-5-7;2-1(3)4/h1-6H2;2H2,(H,3,4). The predicted octanol–water partition coefficient (Wildman–Crippen LogP) is -0.0309. The molecule has 1 amide bonds. The molecule has 11 heavy (non-hydrogen) atoms. The number of piperidine rings is 1. The molecule has 0 aromatic rings. The summed E-state index contributed by atoms with van der Waals surface area (Å²) in [7, 11) is 0. The van der Waals surface area contributed by atoms with Crippen LogP contribution in [0.3, 0.4) is 0 Å². The van der Waals surface area contributed by atoms with Crippen molar-refractivity contribution in [3.8, 4) is 0 Å². The topological polar surface area (TPSA) is 92.6 Å². The Morgan fingerprint density at radius 3 is 1.82 bits per heavy atom. The number of nitrogens with two attached hydrogens (primary N) is 2. The van der Waals surface area contributed by atoms with Crippen molar-refractivity contribution in [2.24, 2.45) is 11.6 Å². The van der Waals surface area contributed by atoms with Crippen molar-refractivity contribution < 1.29 is 9.90 Å². The van der Waals surface area contributed by atoms with Crippen molar-refractivity contribution in [1.29, 1.82) is 0 Å². The molecule has 1 rings (SSSR count). The van der Waals surface area contributed by atoms with Gasteiger partial charge in [0.25, 0.3) is 0 Å². The average Bonchev–Trinajstić information content (AvgIpc) is 1.87. The summed E-state index contributed by atoms with van der Waals surface area (Å²) in [4.78, 5) is 8.78. The van der Waals surface area contributed by atoms with Gasteiger partial charge >= 0.3 is 6.09 Å². The Morgan fingerprint density at radius 2 is 1.64 bits per heavy atom. The number of amides is 1. The Hall–Kier alpha value is -0.810. The molecule has 1 heterocycles. The largest absolute Gasteiger partial charge is 0.465 e. The number of nitrogens with zero attached hydrogens (tertiary/aromatic N) is 1. The predicted molar refractivity (Wildman–Crippen MR) is 41.8 cm³/mol. The third-order valence-electron chi connectivity index (χ3n) is 1.39. The molecule has 0 atom stereocenters. The Labute approximate surface area is 65.9 Å². The van der Waals surface area contributed by atoms with E-state index in [1.807, 2.05) is 5.01 Å². The highest BCUT2D eigenvalue weighted by Crippen LogP contribution is 2.03. The molecule has 0 aromatic heterocycles. The summed E-state index contributed by atoms with van der Waals surface area (Å²) in [6, 6.07) is 0. The molecule has 1 fully saturated rings. The van der Waals surface area contributed by atoms with E-state index in [9.17, 15) is 0 Å². The summed E-state index contributed by atoms with van der Waals surface area (Å²) >= 11 is 0. The van der Waals surface area contributed by atoms with Gasteiger partial charge in [-0.05, 0) is 12.8 Å². The molecule has 1 saturated heterocycles. The number of hydrazine groups is 1. The van der Waals surface area contributed by atoms with Crippen molar-refractivity contribution in [2.45, 2.75) is 19.3 Å². The van der Waals surface area contributed by atoms with Gasteiger partial charge in [0, 0.05) is 13.1 Å². The van der Waals surface area contributed by atoms with Crippen LogP contribution in [0.15, 0.2) is 0 Å². The number of carbonyl (C=O) groups is 1. The smallest absolute Gasteiger partial charge is 0.402 e. The second-order valence-electron chi connectivity index (χ2n) is 2.43. The minimum atomic E-state index is -1.33. The maximum Gasteiger partial charge on any atom is 0.402 e. The van der Waals surface area contributed by atoms with Crippen LogP contribution in [0.2, 0.25) is 0 Å². The molecule has 1 aliphatic rings. The lowest BCUT2D eigenvalue weighted by atomic mass is 10.2. The number of hydrogen-bond donors (Lipinski definition) is 3. The summed E-state index contributed by atoms with van der Waals surface area (Å²) in [5, 5.41) is 9.09. The summed E-state index contributed by atoms with van der Waals surface area (Å²) in [5.41, 5.74) is 4.03. The van der Waals surface area contributed by atoms with Gasteiger partial charge in [0.05, 0.1) is 0 Å². The van der Waals surface area contributed by atoms with Crippen LogP contribution in [0.25, 0.3) is 0 Å². The molecule has 0 aromatic carbocycles. The lowest BCUT2D eigenvalue weighted by Crippen LogP contribution is -2.35. The molecule has 66 valence electrons. The number of rotatable bonds is 0. The summed E-state index contributed by atoms with van der Waals surface area (Å²) < 4.78 is 0. The van der Waals surface area contributed by atoms with Gasteiger partial charge in [-0.3, -0.25) is 5.84 Å². The van der Waals surface area contributed by atoms with Crippen LogP contribution in [0.4, 0.5) is 4.79 Å². The van der Waals surface area contributed by atoms with Gasteiger partial charge in [-0.15, -0.1) is 0 Å². The fourth-order valence-electron chi connectivity index (χ4n) is 0.918. The van der Waals surface area contributed by atoms with Crippen LogP contribution in [0.1, 0.15) is 19.3 Å². The second kappa shape index (κ2) is 5.94. The first kappa shape index (κ1) is 10.2. The van der Waals surface area contributed by atoms with E-state index in [0.717, 1.165) is 13.1 Å². The molecular formula is C6H15N3O2. The Balaban J connectivity index is 0.000000218. The van der Waals surface area contributed by atoms with Gasteiger partial charge in [0.2, 0.25) is 0 Å². The lowest BCUT2D eigenvalue weighted by Gasteiger charge is -2.20. The van der Waals surface area contributed by atoms with Gasteiger partial charge < -0.3 is 10.8 Å². The molecule has 1 aliphatic heterocycles. The fourth-order valence-corrected chi connectivity index (χ4v) is 0.918. The van der Waals surface area contributed by atoms with Crippen LogP contribution >= 0.6 is 0 Å². The van der Waals surface area contributed by atoms with E-state index in [1.165, 1.54) is 19.3 Å². The van der Waals surface area contributed by atoms with Crippen molar-refractivity contribution in [3.63, 3.8) is 0 Å². The SMILES string of the molecule is NC(=O)O.NN1CCCCC1. The fraction of sp³-hybridized carbons (Fsp3) is 0.833. The molecule has 5 nitrogen and oxygen atoms in total. The van der Waals surface area contributed by atoms with Crippen molar-refractivity contribution in [1.82, 2.24) is 5.01 Å². The average molecular weight is 161 g/mol. The molecule has 0 spiro atoms. The van der Waals surface area contributed by atoms with Crippen molar-refractivity contribution in [3.05, 3.63) is 0 Å². The minimum Gasteiger partial charge on any atom is -0.465 e. The second-order valence-corrected chi connectivity index (χ2v) is 2.43. The van der Waals surface area contributed by atoms with Gasteiger partial charge in [-0.1, -0.05) is 6.42 Å². The third-order valence-corrected chi connectivity index (χ3v) is 1.39. The summed E-state index contributed by atoms with van der Waals surface area (Å²) in [6.45, 7) is 2.19. The number of hydrogen-bond acceptors (Lipinski definition) is 3. The first-order valence-corrected chi connectivity index (χ1v) is 3.61. The van der Waals surface area contributed by atoms with Crippen LogP contribution in [-0.4, -0.2) is 29.3 Å². The van der Waals surface area contributed by atoms with Crippen molar-refractivity contribution in [2.75, 3.05) is 13.1 Å². The summed E-state index contributed by atoms with van der Waals surface area (Å²) in [5.74, 6) is 5.47. The Morgan fingerprint density at radius 1 is 1.27 bits per heavy atom. The minimum absolute atomic E-state index is 1.10. The van der Waals surface area contributed by atoms with Gasteiger partial charge in [-0.25, -0.2) is 9.80 Å². The molecule has 0 aliphatic carbocycles. The van der Waals surface area contributed by atoms with E-state index in [2.05, 4.69) is 5.73 Å². The van der Waals surface area contributed by atoms with E-state index >= 15 is 0 Å². The van der Waals surface area contributed by atoms with E-state index in [4.69, 9.17) is 15.7 Å². The maximum absolute atomic E-state index is 8.78. The zero-order valence-corrected chi connectivity index (χ0v) is 6.49. The van der Waals surface area contributed by atoms with E-state index < -0.39 is 6.09 Å². The van der Waals surface area contributed by atoms with E-state index in [-0.39, 0.29) is 0 Å². The van der Waals surface area contributed by atoms with Crippen LogP contribution < -0.4 is 11.6 Å². The zero-order valence-electron chi connectivity index (χ0n) is 6.49. The molecule has 5 heteroatoms. The first-order chi connectivity index (χ1) is 5.13. The normalized spacial score (nSPS) is 18.3. The zero-order chi connectivity index (χ0) is 8.69. The third kappa shape index (κ3) is 9.19. The molecule has 0 unspecified atom stereocenters. The molecule has 0 saturated carbocycles. The molecule has 0 radical (unpaired) electrons. The highest BCUT2D eigenvalue weighted by Gasteiger charge is 2.02. The Bertz CT molecular complexity index is 108. The van der Waals surface area contributed by atoms with E-state index in [1.54, 1.807) is 0 Å². The Kier molecular flexibility index (Phi) is 5.50. The van der Waals surface area contributed by atoms with Gasteiger partial charge in [-0.2, -0.15) is 0 Å². The summed E-state index contributed by atoms with van der Waals surface area (Å²) in [6.07, 6.45) is 2.61. The molecule has 0 bridgehead atoms. The molecule has 5 N–H and O–H groups in total. The van der Waals surface area contributed by atoms with Gasteiger partial charge in [0.15, 0.2) is 0 Å². The van der Waals surface area contributed by atoms with Gasteiger partial charge in [0.1, 0.15) is 0 Å². The van der Waals surface area contributed by atoms with Crippen molar-refractivity contribution >= 4 is 6.09 Å². The van der Waals surface area contributed by atoms with Crippen LogP contribution in [-0.2, 0) is 0 Å². The van der Waals surface area contributed by atoms with E-state index in [0.29, 0.717) is 0 Å². The van der Waals surface area contributed by atoms with Crippen LogP contribution in [0.5, 0.6) is 0 Å². The number of primary amides is 1.